The van der Waals surface area contributed by atoms with E-state index < -0.39 is 22.1 Å². The quantitative estimate of drug-likeness (QED) is 0.608. The van der Waals surface area contributed by atoms with Crippen molar-refractivity contribution in [2.75, 3.05) is 19.6 Å². The standard InChI is InChI=1S/C13H28N2O4S/c1-5-7-15(8-6-2)20(18,19)14-10-12(13(16)17)9-11(3)4/h11-12,14H,5-10H2,1-4H3,(H,16,17). The summed E-state index contributed by atoms with van der Waals surface area (Å²) < 4.78 is 28.1. The molecule has 0 fully saturated rings. The molecule has 0 aliphatic carbocycles. The van der Waals surface area contributed by atoms with Crippen LogP contribution in [-0.4, -0.2) is 43.4 Å². The fourth-order valence-corrected chi connectivity index (χ4v) is 3.43. The average molecular weight is 308 g/mol. The number of rotatable bonds is 11. The third kappa shape index (κ3) is 7.21. The molecule has 1 unspecified atom stereocenters. The number of carbonyl (C=O) groups is 1. The van der Waals surface area contributed by atoms with Crippen LogP contribution in [0.25, 0.3) is 0 Å². The van der Waals surface area contributed by atoms with Gasteiger partial charge in [-0.3, -0.25) is 4.79 Å². The van der Waals surface area contributed by atoms with Gasteiger partial charge in [-0.2, -0.15) is 12.7 Å². The molecule has 0 amide bonds. The van der Waals surface area contributed by atoms with E-state index in [9.17, 15) is 13.2 Å². The summed E-state index contributed by atoms with van der Waals surface area (Å²) in [4.78, 5) is 11.1. The molecule has 0 aromatic carbocycles. The zero-order chi connectivity index (χ0) is 15.8. The van der Waals surface area contributed by atoms with Gasteiger partial charge in [0.05, 0.1) is 5.92 Å². The second kappa shape index (κ2) is 9.31. The van der Waals surface area contributed by atoms with Crippen LogP contribution in [0.3, 0.4) is 0 Å². The number of carboxylic acids is 1. The largest absolute Gasteiger partial charge is 0.481 e. The van der Waals surface area contributed by atoms with Crippen LogP contribution in [0.5, 0.6) is 0 Å². The van der Waals surface area contributed by atoms with Crippen LogP contribution in [0.4, 0.5) is 0 Å². The maximum atomic E-state index is 12.1. The highest BCUT2D eigenvalue weighted by Crippen LogP contribution is 2.12. The van der Waals surface area contributed by atoms with Crippen LogP contribution < -0.4 is 4.72 Å². The molecular formula is C13H28N2O4S. The van der Waals surface area contributed by atoms with E-state index in [0.29, 0.717) is 19.5 Å². The van der Waals surface area contributed by atoms with Gasteiger partial charge in [0.2, 0.25) is 0 Å². The third-order valence-corrected chi connectivity index (χ3v) is 4.48. The van der Waals surface area contributed by atoms with Gasteiger partial charge in [-0.15, -0.1) is 0 Å². The normalized spacial score (nSPS) is 13.9. The Morgan fingerprint density at radius 3 is 2.05 bits per heavy atom. The first-order valence-electron chi connectivity index (χ1n) is 7.22. The number of nitrogens with one attached hydrogen (secondary N) is 1. The van der Waals surface area contributed by atoms with Crippen molar-refractivity contribution in [3.63, 3.8) is 0 Å². The minimum atomic E-state index is -3.59. The zero-order valence-corrected chi connectivity index (χ0v) is 13.7. The van der Waals surface area contributed by atoms with E-state index in [0.717, 1.165) is 12.8 Å². The van der Waals surface area contributed by atoms with E-state index in [4.69, 9.17) is 5.11 Å². The first-order chi connectivity index (χ1) is 9.24. The Bertz CT molecular complexity index is 376. The van der Waals surface area contributed by atoms with Crippen LogP contribution in [0, 0.1) is 11.8 Å². The Kier molecular flexibility index (Phi) is 9.00. The first kappa shape index (κ1) is 19.3. The molecule has 0 spiro atoms. The highest BCUT2D eigenvalue weighted by atomic mass is 32.2. The molecule has 20 heavy (non-hydrogen) atoms. The number of hydrogen-bond acceptors (Lipinski definition) is 3. The summed E-state index contributed by atoms with van der Waals surface area (Å²) in [7, 11) is -3.59. The molecule has 0 heterocycles. The van der Waals surface area contributed by atoms with Crippen molar-refractivity contribution in [2.24, 2.45) is 11.8 Å². The fourth-order valence-electron chi connectivity index (χ4n) is 1.99. The molecular weight excluding hydrogens is 280 g/mol. The molecule has 7 heteroatoms. The van der Waals surface area contributed by atoms with Crippen molar-refractivity contribution < 1.29 is 18.3 Å². The maximum Gasteiger partial charge on any atom is 0.307 e. The van der Waals surface area contributed by atoms with Crippen LogP contribution in [0.15, 0.2) is 0 Å². The molecule has 0 radical (unpaired) electrons. The molecule has 0 saturated heterocycles. The summed E-state index contributed by atoms with van der Waals surface area (Å²) in [6.45, 7) is 8.51. The van der Waals surface area contributed by atoms with E-state index in [-0.39, 0.29) is 12.5 Å². The molecule has 0 bridgehead atoms. The van der Waals surface area contributed by atoms with E-state index in [1.165, 1.54) is 4.31 Å². The first-order valence-corrected chi connectivity index (χ1v) is 8.66. The van der Waals surface area contributed by atoms with E-state index in [2.05, 4.69) is 4.72 Å². The number of carboxylic acid groups (broad SMARTS) is 1. The van der Waals surface area contributed by atoms with Crippen molar-refractivity contribution >= 4 is 16.2 Å². The average Bonchev–Trinajstić information content (AvgIpc) is 2.33. The van der Waals surface area contributed by atoms with Crippen LogP contribution in [-0.2, 0) is 15.0 Å². The van der Waals surface area contributed by atoms with Gasteiger partial charge in [-0.05, 0) is 25.2 Å². The SMILES string of the molecule is CCCN(CCC)S(=O)(=O)NCC(CC(C)C)C(=O)O. The van der Waals surface area contributed by atoms with Crippen molar-refractivity contribution in [3.8, 4) is 0 Å². The van der Waals surface area contributed by atoms with Crippen LogP contribution in [0.2, 0.25) is 0 Å². The van der Waals surface area contributed by atoms with Crippen LogP contribution in [0.1, 0.15) is 47.0 Å². The third-order valence-electron chi connectivity index (χ3n) is 2.90. The second-order valence-corrected chi connectivity index (χ2v) is 7.17. The van der Waals surface area contributed by atoms with Gasteiger partial charge < -0.3 is 5.11 Å². The fraction of sp³-hybridized carbons (Fsp3) is 0.923. The molecule has 1 atom stereocenters. The van der Waals surface area contributed by atoms with Gasteiger partial charge >= 0.3 is 5.97 Å². The summed E-state index contributed by atoms with van der Waals surface area (Å²) in [5.74, 6) is -1.43. The minimum absolute atomic E-state index is 0.0558. The molecule has 120 valence electrons. The lowest BCUT2D eigenvalue weighted by molar-refractivity contribution is -0.142. The zero-order valence-electron chi connectivity index (χ0n) is 12.9. The van der Waals surface area contributed by atoms with Gasteiger partial charge in [0.15, 0.2) is 0 Å². The predicted octanol–water partition coefficient (Wildman–Crippen LogP) is 1.69. The minimum Gasteiger partial charge on any atom is -0.481 e. The second-order valence-electron chi connectivity index (χ2n) is 5.42. The molecule has 0 aliphatic rings. The maximum absolute atomic E-state index is 12.1. The number of aliphatic carboxylic acids is 1. The summed E-state index contributed by atoms with van der Waals surface area (Å²) in [5, 5.41) is 9.12. The highest BCUT2D eigenvalue weighted by Gasteiger charge is 2.25. The van der Waals surface area contributed by atoms with Crippen molar-refractivity contribution in [1.29, 1.82) is 0 Å². The van der Waals surface area contributed by atoms with Crippen molar-refractivity contribution in [1.82, 2.24) is 9.03 Å². The van der Waals surface area contributed by atoms with E-state index >= 15 is 0 Å². The Balaban J connectivity index is 4.67. The number of nitrogens with zero attached hydrogens (tertiary/aromatic N) is 1. The van der Waals surface area contributed by atoms with Crippen LogP contribution >= 0.6 is 0 Å². The Morgan fingerprint density at radius 1 is 1.20 bits per heavy atom. The smallest absolute Gasteiger partial charge is 0.307 e. The highest BCUT2D eigenvalue weighted by molar-refractivity contribution is 7.87. The predicted molar refractivity (Wildman–Crippen MR) is 79.7 cm³/mol. The summed E-state index contributed by atoms with van der Waals surface area (Å²) in [5.41, 5.74) is 0. The van der Waals surface area contributed by atoms with E-state index in [1.54, 1.807) is 0 Å². The number of hydrogen-bond donors (Lipinski definition) is 2. The lowest BCUT2D eigenvalue weighted by Gasteiger charge is -2.23. The molecule has 6 nitrogen and oxygen atoms in total. The molecule has 0 aromatic rings. The molecule has 0 aliphatic heterocycles. The van der Waals surface area contributed by atoms with Gasteiger partial charge in [0.25, 0.3) is 10.2 Å². The monoisotopic (exact) mass is 308 g/mol. The van der Waals surface area contributed by atoms with Gasteiger partial charge in [0.1, 0.15) is 0 Å². The molecule has 2 N–H and O–H groups in total. The molecule has 0 rings (SSSR count). The van der Waals surface area contributed by atoms with Gasteiger partial charge in [-0.1, -0.05) is 27.7 Å². The van der Waals surface area contributed by atoms with Gasteiger partial charge in [0, 0.05) is 19.6 Å². The Hall–Kier alpha value is -0.660. The lowest BCUT2D eigenvalue weighted by atomic mass is 9.98. The topological polar surface area (TPSA) is 86.7 Å². The van der Waals surface area contributed by atoms with Gasteiger partial charge in [-0.25, -0.2) is 4.72 Å². The van der Waals surface area contributed by atoms with Crippen molar-refractivity contribution in [2.45, 2.75) is 47.0 Å². The summed E-state index contributed by atoms with van der Waals surface area (Å²) in [6.07, 6.45) is 1.92. The lowest BCUT2D eigenvalue weighted by Crippen LogP contribution is -2.44. The summed E-state index contributed by atoms with van der Waals surface area (Å²) in [6, 6.07) is 0. The van der Waals surface area contributed by atoms with E-state index in [1.807, 2.05) is 27.7 Å². The Labute approximate surface area is 122 Å². The Morgan fingerprint density at radius 2 is 1.70 bits per heavy atom. The molecule has 0 aromatic heterocycles. The molecule has 0 saturated carbocycles. The summed E-state index contributed by atoms with van der Waals surface area (Å²) >= 11 is 0. The van der Waals surface area contributed by atoms with Crippen molar-refractivity contribution in [3.05, 3.63) is 0 Å².